The van der Waals surface area contributed by atoms with Crippen LogP contribution in [0, 0.1) is 64.1 Å². The van der Waals surface area contributed by atoms with Crippen molar-refractivity contribution in [3.8, 4) is 5.75 Å². The molecule has 0 saturated carbocycles. The molecule has 31 heteroatoms. The number of ether oxygens (including phenoxy) is 2. The van der Waals surface area contributed by atoms with Crippen LogP contribution < -0.4 is 15.2 Å². The van der Waals surface area contributed by atoms with Crippen LogP contribution in [0.3, 0.4) is 0 Å². The molecule has 71 heavy (non-hydrogen) atoms. The van der Waals surface area contributed by atoms with Gasteiger partial charge in [0.25, 0.3) is 0 Å². The van der Waals surface area contributed by atoms with E-state index in [0.717, 1.165) is 11.1 Å². The van der Waals surface area contributed by atoms with Crippen molar-refractivity contribution in [3.63, 3.8) is 0 Å². The van der Waals surface area contributed by atoms with Gasteiger partial charge in [-0.2, -0.15) is 12.1 Å². The van der Waals surface area contributed by atoms with Gasteiger partial charge in [-0.15, -0.1) is 5.56 Å². The molecule has 4 rings (SSSR count). The Bertz CT molecular complexity index is 1480. The fourth-order valence-corrected chi connectivity index (χ4v) is 5.73. The zero-order valence-electron chi connectivity index (χ0n) is 42.7. The van der Waals surface area contributed by atoms with Crippen molar-refractivity contribution in [2.75, 3.05) is 12.6 Å². The smallest absolute Gasteiger partial charge is 0.407 e. The molecule has 17 radical (unpaired) electrons. The molecule has 2 unspecified atom stereocenters. The molecule has 0 fully saturated rings. The maximum absolute atomic E-state index is 12.3. The van der Waals surface area contributed by atoms with E-state index < -0.39 is 26.7 Å². The summed E-state index contributed by atoms with van der Waals surface area (Å²) in [5.41, 5.74) is 2.47. The number of hydrogen-bond donors (Lipinski definition) is 2. The van der Waals surface area contributed by atoms with Crippen LogP contribution in [0.1, 0.15) is 30.5 Å². The van der Waals surface area contributed by atoms with E-state index in [9.17, 15) is 18.7 Å². The number of para-hydroxylation sites is 1. The summed E-state index contributed by atoms with van der Waals surface area (Å²) in [5.74, 6) is 0.445. The summed E-state index contributed by atoms with van der Waals surface area (Å²) in [6.07, 6.45) is 3.09. The van der Waals surface area contributed by atoms with E-state index in [2.05, 4.69) is 35.1 Å². The Hall–Kier alpha value is 15.8. The minimum absolute atomic E-state index is 0. The second kappa shape index (κ2) is 107. The summed E-state index contributed by atoms with van der Waals surface area (Å²) in [7, 11) is -6.02. The van der Waals surface area contributed by atoms with Crippen molar-refractivity contribution in [2.24, 2.45) is 0 Å². The maximum atomic E-state index is 12.3. The number of benzene rings is 3. The number of nitrogens with one attached hydrogen (secondary N) is 2. The number of rotatable bonds is 12. The van der Waals surface area contributed by atoms with E-state index in [0.29, 0.717) is 11.3 Å². The first kappa shape index (κ1) is 162. The minimum Gasteiger partial charge on any atom is -0.467 e. The van der Waals surface area contributed by atoms with Crippen LogP contribution >= 0.6 is 14.5 Å². The van der Waals surface area contributed by atoms with Crippen LogP contribution in [0.25, 0.3) is 0 Å². The molecule has 0 aliphatic rings. The second-order valence-corrected chi connectivity index (χ2v) is 14.4. The van der Waals surface area contributed by atoms with Gasteiger partial charge in [0, 0.05) is 604 Å². The molecule has 0 aliphatic heterocycles. The van der Waals surface area contributed by atoms with Crippen molar-refractivity contribution in [3.05, 3.63) is 190 Å². The standard InChI is InChI=1S/C16H17N2O3P.C16H17NO4P.C2H6.6CH3.2W.17Y/c1-22(20,12-15-8-5-9-17-10-15)13-18-16(19)21-11-14-6-3-2-4-7-14;1-22(19,21-15-10-6-3-7-11-15)13-17-16(18)20-12-14-8-4-2-5-9-14;1-2;;;;;;;;;;;;;;;;;;;;;;;;;/h2-9H,1,11-13H2,(H,18,19);2-11H,1,12-13H2,(H,17,18);1-2H3;6*1H3;;;;;;;;;;;;;;;;;;;/q-2;-1;;6*-1;;;;;;;;;;;;;;;;;;;. The number of carbonyl (C=O) groups is 2. The van der Waals surface area contributed by atoms with E-state index in [-0.39, 0.29) is 675 Å². The van der Waals surface area contributed by atoms with Gasteiger partial charge in [-0.25, -0.2) is 16.3 Å². The molecule has 10 nitrogen and oxygen atoms in total. The monoisotopic (exact) mass is 2630 g/mol. The molecule has 0 saturated heterocycles. The average Bonchev–Trinajstić information content (AvgIpc) is 3.07. The quantitative estimate of drug-likeness (QED) is 0.106. The van der Waals surface area contributed by atoms with E-state index in [4.69, 9.17) is 14.0 Å². The van der Waals surface area contributed by atoms with Gasteiger partial charge in [-0.05, 0) is 36.6 Å². The fourth-order valence-electron chi connectivity index (χ4n) is 3.46. The van der Waals surface area contributed by atoms with Crippen molar-refractivity contribution in [1.29, 1.82) is 0 Å². The summed E-state index contributed by atoms with van der Waals surface area (Å²) >= 11 is 0. The van der Waals surface area contributed by atoms with Crippen LogP contribution in [0.15, 0.2) is 109 Å². The molecule has 357 valence electrons. The zero-order valence-corrected chi connectivity index (χ0v) is 98.6. The van der Waals surface area contributed by atoms with Gasteiger partial charge in [0.1, 0.15) is 26.3 Å². The molecular formula is C40H58N3O7P2W2Y17-9. The topological polar surface area (TPSA) is 133 Å². The normalized spacial score (nSPS) is 8.17. The Kier molecular flexibility index (Phi) is 245. The van der Waals surface area contributed by atoms with Gasteiger partial charge in [0.15, 0.2) is 0 Å². The Labute approximate surface area is 890 Å². The molecule has 0 bridgehead atoms. The predicted octanol–water partition coefficient (Wildman–Crippen LogP) is 11.1. The fraction of sp³-hybridized carbons (Fsp3) is 0.175. The molecular weight excluding hydrogens is 2580 g/mol. The summed E-state index contributed by atoms with van der Waals surface area (Å²) < 4.78 is 39.9. The summed E-state index contributed by atoms with van der Waals surface area (Å²) in [4.78, 5) is 27.0. The van der Waals surface area contributed by atoms with Crippen molar-refractivity contribution < 1.29 is 631 Å². The molecule has 2 N–H and O–H groups in total. The third-order valence-corrected chi connectivity index (χ3v) is 8.38. The Morgan fingerprint density at radius 3 is 1.13 bits per heavy atom. The van der Waals surface area contributed by atoms with E-state index in [1.807, 2.05) is 80.6 Å². The summed E-state index contributed by atoms with van der Waals surface area (Å²) in [6, 6.07) is 30.8. The van der Waals surface area contributed by atoms with Gasteiger partial charge in [0.05, 0.1) is 6.29 Å². The molecule has 0 aliphatic carbocycles. The maximum Gasteiger partial charge on any atom is 0.407 e. The third-order valence-electron chi connectivity index (χ3n) is 5.54. The Morgan fingerprint density at radius 2 is 0.817 bits per heavy atom. The Morgan fingerprint density at radius 1 is 0.507 bits per heavy atom. The first-order valence-corrected chi connectivity index (χ1v) is 18.7. The van der Waals surface area contributed by atoms with E-state index >= 15 is 0 Å². The molecule has 1 aromatic heterocycles. The minimum atomic E-state index is -3.23. The number of alkyl carbamates (subject to hydrolysis) is 2. The largest absolute Gasteiger partial charge is 0.467 e. The zero-order chi connectivity index (χ0) is 33.7. The predicted molar refractivity (Wildman–Crippen MR) is 219 cm³/mol. The van der Waals surface area contributed by atoms with Crippen LogP contribution in [-0.4, -0.2) is 29.7 Å². The first-order chi connectivity index (χ1) is 22.1. The number of nitrogens with zero attached hydrogens (tertiary/aromatic N) is 1. The number of pyridine rings is 1. The summed E-state index contributed by atoms with van der Waals surface area (Å²) in [6.45, 7) is 11.5. The molecule has 0 spiro atoms. The SMILES string of the molecule is CC.[CH2-]P(=O)(CNC(=O)OCc1ccccc1)Cc1[c-]nccc1.[CH2-]P(=O)(CNC(=O)OCc1ccccc1)Oc1ccccc1.[CH3-].[CH3-].[CH3-].[CH3-].[CH3-].[CH3-].[W].[W].[Y].[Y].[Y].[Y].[Y].[Y].[Y].[Y].[Y].[Y].[Y].[Y].[Y].[Y].[Y].[Y].[Y]. The van der Waals surface area contributed by atoms with Crippen molar-refractivity contribution >= 4 is 26.7 Å². The van der Waals surface area contributed by atoms with Gasteiger partial charge in [0.2, 0.25) is 0 Å². The van der Waals surface area contributed by atoms with Crippen LogP contribution in [0.5, 0.6) is 5.75 Å². The molecule has 2 amide bonds. The van der Waals surface area contributed by atoms with Gasteiger partial charge >= 0.3 is 12.2 Å². The molecule has 1 heterocycles. The average molecular weight is 2630 g/mol. The molecule has 4 aromatic rings. The van der Waals surface area contributed by atoms with Crippen LogP contribution in [-0.2, 0) is 636 Å². The third kappa shape index (κ3) is 94.6. The van der Waals surface area contributed by atoms with Crippen molar-refractivity contribution in [2.45, 2.75) is 33.2 Å². The van der Waals surface area contributed by atoms with Crippen LogP contribution in [0.4, 0.5) is 9.59 Å². The Balaban J connectivity index is -0.0000000204. The van der Waals surface area contributed by atoms with Crippen molar-refractivity contribution in [1.82, 2.24) is 15.6 Å². The number of carbonyl (C=O) groups excluding carboxylic acids is 2. The van der Waals surface area contributed by atoms with E-state index in [1.54, 1.807) is 42.6 Å². The number of hydrogen-bond acceptors (Lipinski definition) is 8. The van der Waals surface area contributed by atoms with E-state index in [1.165, 1.54) is 0 Å². The van der Waals surface area contributed by atoms with Gasteiger partial charge < -0.3 is 83.3 Å². The van der Waals surface area contributed by atoms with Gasteiger partial charge in [-0.1, -0.05) is 105 Å². The number of amides is 2. The summed E-state index contributed by atoms with van der Waals surface area (Å²) in [5, 5.41) is 4.89. The number of aromatic nitrogens is 1. The van der Waals surface area contributed by atoms with Gasteiger partial charge in [-0.3, -0.25) is 6.66 Å². The molecule has 2 atom stereocenters. The molecule has 3 aromatic carbocycles. The first-order valence-electron chi connectivity index (χ1n) is 14.4. The second-order valence-electron chi connectivity index (χ2n) is 9.50. The van der Waals surface area contributed by atoms with Crippen LogP contribution in [0.2, 0.25) is 0 Å².